The van der Waals surface area contributed by atoms with Crippen LogP contribution in [0.3, 0.4) is 0 Å². The Morgan fingerprint density at radius 2 is 1.15 bits per heavy atom. The van der Waals surface area contributed by atoms with Crippen LogP contribution in [0.15, 0.2) is 0 Å². The Balaban J connectivity index is 2.03. The summed E-state index contributed by atoms with van der Waals surface area (Å²) in [7, 11) is 0. The van der Waals surface area contributed by atoms with Gasteiger partial charge in [-0.05, 0) is 31.6 Å². The molecule has 2 nitrogen and oxygen atoms in total. The van der Waals surface area contributed by atoms with Gasteiger partial charge in [0.05, 0.1) is 5.92 Å². The molecule has 0 radical (unpaired) electrons. The molecule has 1 atom stereocenters. The summed E-state index contributed by atoms with van der Waals surface area (Å²) in [6.07, 6.45) is 20.1. The lowest BCUT2D eigenvalue weighted by Gasteiger charge is -2.23. The highest BCUT2D eigenvalue weighted by Gasteiger charge is 2.31. The van der Waals surface area contributed by atoms with Crippen LogP contribution in [0.5, 0.6) is 0 Å². The Labute approximate surface area is 125 Å². The highest BCUT2D eigenvalue weighted by atomic mass is 14.9. The van der Waals surface area contributed by atoms with Gasteiger partial charge in [0.25, 0.3) is 5.71 Å². The summed E-state index contributed by atoms with van der Waals surface area (Å²) in [6, 6.07) is 0. The maximum atomic E-state index is 9.47. The Hall–Kier alpha value is -0.620. The molecule has 2 aliphatic carbocycles. The van der Waals surface area contributed by atoms with Crippen molar-refractivity contribution in [2.75, 3.05) is 0 Å². The molecule has 2 heteroatoms. The molecule has 2 saturated carbocycles. The molecule has 0 aromatic heterocycles. The largest absolute Gasteiger partial charge is 0.362 e. The fraction of sp³-hybridized carbons (Fsp3) is 0.944. The molecule has 114 valence electrons. The van der Waals surface area contributed by atoms with E-state index in [-0.39, 0.29) is 0 Å². The monoisotopic (exact) mass is 276 g/mol. The topological polar surface area (TPSA) is 36.4 Å². The lowest BCUT2D eigenvalue weighted by Crippen LogP contribution is -2.25. The molecule has 2 fully saturated rings. The molecule has 0 N–H and O–H groups in total. The van der Waals surface area contributed by atoms with Crippen molar-refractivity contribution in [3.05, 3.63) is 5.53 Å². The molecule has 0 bridgehead atoms. The van der Waals surface area contributed by atoms with Crippen molar-refractivity contribution >= 4 is 5.71 Å². The Morgan fingerprint density at radius 3 is 1.75 bits per heavy atom. The van der Waals surface area contributed by atoms with Gasteiger partial charge in [-0.25, -0.2) is 0 Å². The van der Waals surface area contributed by atoms with Gasteiger partial charge in [-0.15, -0.1) is 0 Å². The zero-order valence-corrected chi connectivity index (χ0v) is 13.2. The summed E-state index contributed by atoms with van der Waals surface area (Å²) in [6.45, 7) is 0. The number of nitrogens with zero attached hydrogens (tertiary/aromatic N) is 2. The molecule has 20 heavy (non-hydrogen) atoms. The molecular formula is C18H32N2. The smallest absolute Gasteiger partial charge is 0.272 e. The van der Waals surface area contributed by atoms with Crippen LogP contribution in [0.25, 0.3) is 5.53 Å². The standard InChI is InChI=1S/C18H32N2/c19-20-18-15-11-7-3-6-10-14-17(18)16-12-8-4-1-2-5-9-13-16/h16-17H,1-15H2. The molecule has 0 spiro atoms. The average Bonchev–Trinajstić information content (AvgIpc) is 2.68. The van der Waals surface area contributed by atoms with E-state index in [1.165, 1.54) is 89.9 Å². The molecule has 0 amide bonds. The summed E-state index contributed by atoms with van der Waals surface area (Å²) >= 11 is 0. The second-order valence-electron chi connectivity index (χ2n) is 6.96. The van der Waals surface area contributed by atoms with Gasteiger partial charge in [-0.1, -0.05) is 64.2 Å². The first-order valence-corrected chi connectivity index (χ1v) is 9.12. The third-order valence-corrected chi connectivity index (χ3v) is 5.47. The molecule has 2 aliphatic rings. The summed E-state index contributed by atoms with van der Waals surface area (Å²) in [5.41, 5.74) is 10.6. The molecule has 0 aromatic rings. The summed E-state index contributed by atoms with van der Waals surface area (Å²) in [5, 5.41) is 0. The highest BCUT2D eigenvalue weighted by molar-refractivity contribution is 5.81. The van der Waals surface area contributed by atoms with Crippen molar-refractivity contribution < 1.29 is 4.79 Å². The minimum Gasteiger partial charge on any atom is -0.362 e. The van der Waals surface area contributed by atoms with E-state index in [9.17, 15) is 5.53 Å². The van der Waals surface area contributed by atoms with Crippen molar-refractivity contribution in [3.63, 3.8) is 0 Å². The first-order chi connectivity index (χ1) is 9.92. The van der Waals surface area contributed by atoms with Crippen LogP contribution in [-0.2, 0) is 0 Å². The van der Waals surface area contributed by atoms with Gasteiger partial charge in [0.15, 0.2) is 0 Å². The summed E-state index contributed by atoms with van der Waals surface area (Å²) in [4.78, 5) is 3.74. The van der Waals surface area contributed by atoms with Crippen molar-refractivity contribution in [1.29, 1.82) is 0 Å². The zero-order valence-electron chi connectivity index (χ0n) is 13.2. The first kappa shape index (κ1) is 15.8. The van der Waals surface area contributed by atoms with Crippen LogP contribution in [0.1, 0.15) is 96.3 Å². The van der Waals surface area contributed by atoms with E-state index in [2.05, 4.69) is 4.79 Å². The van der Waals surface area contributed by atoms with Crippen molar-refractivity contribution in [3.8, 4) is 0 Å². The summed E-state index contributed by atoms with van der Waals surface area (Å²) < 4.78 is 0. The Morgan fingerprint density at radius 1 is 0.650 bits per heavy atom. The lowest BCUT2D eigenvalue weighted by molar-refractivity contribution is -0.0201. The van der Waals surface area contributed by atoms with Crippen molar-refractivity contribution in [2.24, 2.45) is 11.8 Å². The Kier molecular flexibility index (Phi) is 7.36. The Bertz CT molecular complexity index is 307. The van der Waals surface area contributed by atoms with E-state index in [4.69, 9.17) is 0 Å². The van der Waals surface area contributed by atoms with E-state index in [0.29, 0.717) is 5.92 Å². The quantitative estimate of drug-likeness (QED) is 0.431. The molecular weight excluding hydrogens is 244 g/mol. The average molecular weight is 276 g/mol. The third kappa shape index (κ3) is 5.05. The van der Waals surface area contributed by atoms with Gasteiger partial charge in [0.1, 0.15) is 0 Å². The van der Waals surface area contributed by atoms with E-state index in [1.54, 1.807) is 0 Å². The van der Waals surface area contributed by atoms with Crippen LogP contribution < -0.4 is 0 Å². The van der Waals surface area contributed by atoms with Crippen LogP contribution in [0.4, 0.5) is 0 Å². The second kappa shape index (κ2) is 9.34. The lowest BCUT2D eigenvalue weighted by atomic mass is 9.78. The van der Waals surface area contributed by atoms with Gasteiger partial charge in [0, 0.05) is 6.42 Å². The highest BCUT2D eigenvalue weighted by Crippen LogP contribution is 2.33. The van der Waals surface area contributed by atoms with Crippen molar-refractivity contribution in [2.45, 2.75) is 96.3 Å². The minimum atomic E-state index is 0.580. The molecule has 0 aromatic carbocycles. The van der Waals surface area contributed by atoms with Gasteiger partial charge < -0.3 is 5.53 Å². The fourth-order valence-corrected chi connectivity index (χ4v) is 4.25. The van der Waals surface area contributed by atoms with E-state index in [1.807, 2.05) is 0 Å². The number of hydrogen-bond donors (Lipinski definition) is 0. The maximum absolute atomic E-state index is 9.47. The van der Waals surface area contributed by atoms with E-state index in [0.717, 1.165) is 18.1 Å². The predicted molar refractivity (Wildman–Crippen MR) is 84.9 cm³/mol. The normalized spacial score (nSPS) is 28.2. The van der Waals surface area contributed by atoms with Crippen LogP contribution >= 0.6 is 0 Å². The van der Waals surface area contributed by atoms with Gasteiger partial charge in [-0.3, -0.25) is 0 Å². The van der Waals surface area contributed by atoms with Crippen LogP contribution in [-0.4, -0.2) is 10.5 Å². The minimum absolute atomic E-state index is 0.580. The SMILES string of the molecule is [N-]=[N+]=C1CCCCCCCC1C1CCCCCCCC1. The predicted octanol–water partition coefficient (Wildman–Crippen LogP) is 5.77. The maximum Gasteiger partial charge on any atom is 0.272 e. The first-order valence-electron chi connectivity index (χ1n) is 9.12. The van der Waals surface area contributed by atoms with Crippen molar-refractivity contribution in [1.82, 2.24) is 0 Å². The molecule has 2 rings (SSSR count). The number of hydrogen-bond acceptors (Lipinski definition) is 0. The van der Waals surface area contributed by atoms with Crippen LogP contribution in [0.2, 0.25) is 0 Å². The van der Waals surface area contributed by atoms with Gasteiger partial charge >= 0.3 is 0 Å². The van der Waals surface area contributed by atoms with E-state index < -0.39 is 0 Å². The van der Waals surface area contributed by atoms with Crippen LogP contribution in [0, 0.1) is 11.8 Å². The molecule has 0 aliphatic heterocycles. The second-order valence-corrected chi connectivity index (χ2v) is 6.96. The summed E-state index contributed by atoms with van der Waals surface area (Å²) in [5.74, 6) is 1.37. The molecule has 1 unspecified atom stereocenters. The zero-order chi connectivity index (χ0) is 14.0. The third-order valence-electron chi connectivity index (χ3n) is 5.47. The van der Waals surface area contributed by atoms with Gasteiger partial charge in [0.2, 0.25) is 0 Å². The van der Waals surface area contributed by atoms with E-state index >= 15 is 0 Å². The molecule has 0 heterocycles. The number of rotatable bonds is 1. The fourth-order valence-electron chi connectivity index (χ4n) is 4.25. The molecule has 0 saturated heterocycles. The van der Waals surface area contributed by atoms with Gasteiger partial charge in [-0.2, -0.15) is 4.79 Å².